The van der Waals surface area contributed by atoms with Crippen molar-refractivity contribution < 1.29 is 14.6 Å². The molecule has 0 unspecified atom stereocenters. The zero-order chi connectivity index (χ0) is 13.2. The van der Waals surface area contributed by atoms with Crippen LogP contribution in [0, 0.1) is 11.8 Å². The summed E-state index contributed by atoms with van der Waals surface area (Å²) in [6.07, 6.45) is 0.875. The van der Waals surface area contributed by atoms with Gasteiger partial charge >= 0.3 is 5.97 Å². The van der Waals surface area contributed by atoms with Crippen LogP contribution in [0.3, 0.4) is 0 Å². The Kier molecular flexibility index (Phi) is 6.37. The number of carboxylic acids is 1. The molecule has 0 aliphatic carbocycles. The van der Waals surface area contributed by atoms with Crippen molar-refractivity contribution in [2.45, 2.75) is 6.42 Å². The molecule has 0 fully saturated rings. The Morgan fingerprint density at radius 2 is 2.11 bits per heavy atom. The molecule has 0 spiro atoms. The Bertz CT molecular complexity index is 420. The second-order valence-electron chi connectivity index (χ2n) is 3.71. The maximum atomic E-state index is 10.4. The fourth-order valence-electron chi connectivity index (χ4n) is 1.55. The third kappa shape index (κ3) is 5.37. The zero-order valence-corrected chi connectivity index (χ0v) is 10.4. The summed E-state index contributed by atoms with van der Waals surface area (Å²) >= 11 is 0. The first-order chi connectivity index (χ1) is 8.74. The van der Waals surface area contributed by atoms with Crippen molar-refractivity contribution in [1.82, 2.24) is 0 Å². The highest BCUT2D eigenvalue weighted by molar-refractivity contribution is 5.86. The van der Waals surface area contributed by atoms with E-state index in [1.165, 1.54) is 0 Å². The Balaban J connectivity index is 2.64. The average Bonchev–Trinajstić information content (AvgIpc) is 2.38. The normalized spacial score (nSPS) is 9.39. The van der Waals surface area contributed by atoms with E-state index in [2.05, 4.69) is 11.8 Å². The summed E-state index contributed by atoms with van der Waals surface area (Å²) < 4.78 is 5.01. The highest BCUT2D eigenvalue weighted by atomic mass is 16.5. The van der Waals surface area contributed by atoms with E-state index in [-0.39, 0.29) is 0 Å². The quantitative estimate of drug-likeness (QED) is 0.613. The Morgan fingerprint density at radius 1 is 1.39 bits per heavy atom. The molecule has 4 nitrogen and oxygen atoms in total. The minimum absolute atomic E-state index is 0.403. The largest absolute Gasteiger partial charge is 0.472 e. The molecule has 0 bridgehead atoms. The molecule has 18 heavy (non-hydrogen) atoms. The summed E-state index contributed by atoms with van der Waals surface area (Å²) in [5.41, 5.74) is 1.04. The predicted octanol–water partition coefficient (Wildman–Crippen LogP) is 1.62. The highest BCUT2D eigenvalue weighted by Gasteiger charge is 2.03. The number of hydrogen-bond acceptors (Lipinski definition) is 3. The van der Waals surface area contributed by atoms with Gasteiger partial charge in [-0.2, -0.15) is 0 Å². The fourth-order valence-corrected chi connectivity index (χ4v) is 1.55. The lowest BCUT2D eigenvalue weighted by Gasteiger charge is -2.22. The van der Waals surface area contributed by atoms with E-state index in [1.807, 2.05) is 35.2 Å². The van der Waals surface area contributed by atoms with Crippen LogP contribution < -0.4 is 4.90 Å². The molecule has 0 radical (unpaired) electrons. The summed E-state index contributed by atoms with van der Waals surface area (Å²) in [5, 5.41) is 8.50. The molecule has 0 aliphatic heterocycles. The number of ether oxygens (including phenoxy) is 1. The van der Waals surface area contributed by atoms with Gasteiger partial charge in [0.15, 0.2) is 0 Å². The first-order valence-electron chi connectivity index (χ1n) is 5.74. The van der Waals surface area contributed by atoms with Gasteiger partial charge in [0.2, 0.25) is 0 Å². The van der Waals surface area contributed by atoms with E-state index < -0.39 is 5.97 Å². The maximum Gasteiger partial charge on any atom is 0.381 e. The van der Waals surface area contributed by atoms with Crippen LogP contribution >= 0.6 is 0 Å². The second-order valence-corrected chi connectivity index (χ2v) is 3.71. The van der Waals surface area contributed by atoms with E-state index in [0.29, 0.717) is 13.2 Å². The molecule has 0 saturated carbocycles. The van der Waals surface area contributed by atoms with Crippen LogP contribution in [0.1, 0.15) is 6.42 Å². The zero-order valence-electron chi connectivity index (χ0n) is 10.4. The van der Waals surface area contributed by atoms with Gasteiger partial charge in [-0.25, -0.2) is 4.79 Å². The van der Waals surface area contributed by atoms with Crippen molar-refractivity contribution in [1.29, 1.82) is 0 Å². The van der Waals surface area contributed by atoms with Crippen molar-refractivity contribution in [2.75, 3.05) is 31.7 Å². The topological polar surface area (TPSA) is 49.8 Å². The molecule has 0 saturated heterocycles. The fraction of sp³-hybridized carbons (Fsp3) is 0.357. The average molecular weight is 247 g/mol. The van der Waals surface area contributed by atoms with Crippen molar-refractivity contribution >= 4 is 11.7 Å². The molecule has 1 aromatic carbocycles. The minimum atomic E-state index is -1.10. The SMILES string of the molecule is COCCCN(CC#CC(=O)O)c1ccccc1. The van der Waals surface area contributed by atoms with Gasteiger partial charge in [-0.1, -0.05) is 24.1 Å². The molecule has 0 aromatic heterocycles. The van der Waals surface area contributed by atoms with Gasteiger partial charge < -0.3 is 14.7 Å². The number of carboxylic acid groups (broad SMARTS) is 1. The number of aliphatic carboxylic acids is 1. The minimum Gasteiger partial charge on any atom is -0.472 e. The molecule has 1 N–H and O–H groups in total. The molecule has 1 aromatic rings. The molecule has 4 heteroatoms. The van der Waals surface area contributed by atoms with Crippen LogP contribution in [-0.2, 0) is 9.53 Å². The number of carbonyl (C=O) groups is 1. The number of anilines is 1. The maximum absolute atomic E-state index is 10.4. The highest BCUT2D eigenvalue weighted by Crippen LogP contribution is 2.12. The van der Waals surface area contributed by atoms with Gasteiger partial charge in [0, 0.05) is 31.9 Å². The molecule has 0 heterocycles. The Labute approximate surface area is 107 Å². The van der Waals surface area contributed by atoms with Crippen LogP contribution in [0.25, 0.3) is 0 Å². The third-order valence-electron chi connectivity index (χ3n) is 2.36. The van der Waals surface area contributed by atoms with E-state index in [9.17, 15) is 4.79 Å². The van der Waals surface area contributed by atoms with Gasteiger partial charge in [-0.05, 0) is 18.6 Å². The molecular formula is C14H17NO3. The standard InChI is InChI=1S/C14H17NO3/c1-18-12-6-11-15(10-5-9-14(16)17)13-7-3-2-4-8-13/h2-4,7-8H,6,10-12H2,1H3,(H,16,17). The number of para-hydroxylation sites is 1. The lowest BCUT2D eigenvalue weighted by Crippen LogP contribution is -2.25. The van der Waals surface area contributed by atoms with Crippen LogP contribution in [0.15, 0.2) is 30.3 Å². The molecule has 0 amide bonds. The van der Waals surface area contributed by atoms with Gasteiger partial charge in [0.25, 0.3) is 0 Å². The number of benzene rings is 1. The van der Waals surface area contributed by atoms with Crippen LogP contribution in [0.5, 0.6) is 0 Å². The van der Waals surface area contributed by atoms with E-state index in [1.54, 1.807) is 7.11 Å². The first kappa shape index (κ1) is 14.1. The van der Waals surface area contributed by atoms with Crippen LogP contribution in [0.2, 0.25) is 0 Å². The molecule has 96 valence electrons. The molecular weight excluding hydrogens is 230 g/mol. The van der Waals surface area contributed by atoms with Gasteiger partial charge in [0.05, 0.1) is 6.54 Å². The Hall–Kier alpha value is -1.99. The lowest BCUT2D eigenvalue weighted by molar-refractivity contribution is -0.130. The van der Waals surface area contributed by atoms with E-state index in [0.717, 1.165) is 18.7 Å². The van der Waals surface area contributed by atoms with Crippen molar-refractivity contribution in [2.24, 2.45) is 0 Å². The van der Waals surface area contributed by atoms with E-state index in [4.69, 9.17) is 9.84 Å². The second kappa shape index (κ2) is 8.15. The van der Waals surface area contributed by atoms with E-state index >= 15 is 0 Å². The van der Waals surface area contributed by atoms with Crippen molar-refractivity contribution in [3.05, 3.63) is 30.3 Å². The summed E-state index contributed by atoms with van der Waals surface area (Å²) in [4.78, 5) is 12.4. The van der Waals surface area contributed by atoms with Gasteiger partial charge in [0.1, 0.15) is 0 Å². The summed E-state index contributed by atoms with van der Waals surface area (Å²) in [7, 11) is 1.66. The predicted molar refractivity (Wildman–Crippen MR) is 70.6 cm³/mol. The summed E-state index contributed by atoms with van der Waals surface area (Å²) in [6.45, 7) is 1.86. The lowest BCUT2D eigenvalue weighted by atomic mass is 10.2. The number of rotatable bonds is 6. The first-order valence-corrected chi connectivity index (χ1v) is 5.74. The van der Waals surface area contributed by atoms with Crippen molar-refractivity contribution in [3.63, 3.8) is 0 Å². The van der Waals surface area contributed by atoms with Gasteiger partial charge in [-0.3, -0.25) is 0 Å². The summed E-state index contributed by atoms with van der Waals surface area (Å²) in [6, 6.07) is 9.80. The van der Waals surface area contributed by atoms with Crippen LogP contribution in [0.4, 0.5) is 5.69 Å². The molecule has 0 atom stereocenters. The molecule has 0 aliphatic rings. The van der Waals surface area contributed by atoms with Gasteiger partial charge in [-0.15, -0.1) is 0 Å². The van der Waals surface area contributed by atoms with Crippen molar-refractivity contribution in [3.8, 4) is 11.8 Å². The smallest absolute Gasteiger partial charge is 0.381 e. The molecule has 1 rings (SSSR count). The number of hydrogen-bond donors (Lipinski definition) is 1. The number of nitrogens with zero attached hydrogens (tertiary/aromatic N) is 1. The monoisotopic (exact) mass is 247 g/mol. The Morgan fingerprint density at radius 3 is 2.72 bits per heavy atom. The third-order valence-corrected chi connectivity index (χ3v) is 2.36. The summed E-state index contributed by atoms with van der Waals surface area (Å²) in [5.74, 6) is 3.68. The number of methoxy groups -OCH3 is 1. The van der Waals surface area contributed by atoms with Crippen LogP contribution in [-0.4, -0.2) is 37.9 Å².